The summed E-state index contributed by atoms with van der Waals surface area (Å²) in [7, 11) is 0. The number of aliphatic hydroxyl groups is 1. The average molecular weight is 292 g/mol. The molecule has 1 saturated heterocycles. The summed E-state index contributed by atoms with van der Waals surface area (Å²) in [6.07, 6.45) is 0.604. The van der Waals surface area contributed by atoms with Gasteiger partial charge in [-0.25, -0.2) is 4.79 Å². The lowest BCUT2D eigenvalue weighted by molar-refractivity contribution is -0.141. The summed E-state index contributed by atoms with van der Waals surface area (Å²) in [5.41, 5.74) is -0.0262. The van der Waals surface area contributed by atoms with Crippen LogP contribution in [-0.4, -0.2) is 50.8 Å². The number of amides is 1. The van der Waals surface area contributed by atoms with Gasteiger partial charge >= 0.3 is 5.97 Å². The van der Waals surface area contributed by atoms with E-state index in [1.54, 1.807) is 12.1 Å². The lowest BCUT2D eigenvalue weighted by Crippen LogP contribution is -2.40. The maximum atomic E-state index is 12.3. The van der Waals surface area contributed by atoms with Crippen molar-refractivity contribution >= 4 is 11.9 Å². The molecule has 2 aromatic rings. The second-order valence-electron chi connectivity index (χ2n) is 4.75. The second kappa shape index (κ2) is 5.06. The summed E-state index contributed by atoms with van der Waals surface area (Å²) >= 11 is 0. The molecule has 1 amide bonds. The van der Waals surface area contributed by atoms with E-state index < -0.39 is 24.0 Å². The molecule has 8 nitrogen and oxygen atoms in total. The van der Waals surface area contributed by atoms with E-state index in [-0.39, 0.29) is 24.4 Å². The van der Waals surface area contributed by atoms with Crippen LogP contribution in [0.5, 0.6) is 0 Å². The molecular formula is C13H12N2O6. The Balaban J connectivity index is 1.83. The lowest BCUT2D eigenvalue weighted by atomic mass is 10.2. The number of aliphatic hydroxyl groups excluding tert-OH is 1. The Labute approximate surface area is 118 Å². The van der Waals surface area contributed by atoms with Gasteiger partial charge in [0.25, 0.3) is 5.91 Å². The van der Waals surface area contributed by atoms with E-state index in [0.717, 1.165) is 4.90 Å². The standard InChI is InChI=1S/C13H12N2O6/c16-7-4-9(13(18)19)15(6-7)12(17)8-5-11(21-14-8)10-2-1-3-20-10/h1-3,5,7,9,16H,4,6H2,(H,18,19). The number of carbonyl (C=O) groups is 2. The Kier molecular flexibility index (Phi) is 3.22. The molecule has 2 atom stereocenters. The first-order valence-electron chi connectivity index (χ1n) is 6.28. The SMILES string of the molecule is O=C(O)C1CC(O)CN1C(=O)c1cc(-c2ccco2)on1. The van der Waals surface area contributed by atoms with E-state index >= 15 is 0 Å². The van der Waals surface area contributed by atoms with Gasteiger partial charge in [-0.15, -0.1) is 0 Å². The van der Waals surface area contributed by atoms with Gasteiger partial charge in [0.1, 0.15) is 6.04 Å². The van der Waals surface area contributed by atoms with Crippen LogP contribution in [0.15, 0.2) is 33.4 Å². The summed E-state index contributed by atoms with van der Waals surface area (Å²) < 4.78 is 10.1. The molecule has 1 aliphatic rings. The maximum Gasteiger partial charge on any atom is 0.326 e. The van der Waals surface area contributed by atoms with E-state index in [1.807, 2.05) is 0 Å². The molecule has 0 aromatic carbocycles. The summed E-state index contributed by atoms with van der Waals surface area (Å²) in [4.78, 5) is 24.5. The van der Waals surface area contributed by atoms with Crippen molar-refractivity contribution < 1.29 is 28.7 Å². The zero-order chi connectivity index (χ0) is 15.0. The predicted molar refractivity (Wildman–Crippen MR) is 67.3 cm³/mol. The quantitative estimate of drug-likeness (QED) is 0.850. The molecule has 0 bridgehead atoms. The number of β-amino-alcohol motifs (C(OH)–C–C–N with tert-alkyl or cyclic N) is 1. The summed E-state index contributed by atoms with van der Waals surface area (Å²) in [6.45, 7) is -0.0429. The molecule has 0 spiro atoms. The summed E-state index contributed by atoms with van der Waals surface area (Å²) in [6, 6.07) is 3.63. The molecule has 0 saturated carbocycles. The molecular weight excluding hydrogens is 280 g/mol. The highest BCUT2D eigenvalue weighted by molar-refractivity contribution is 5.96. The van der Waals surface area contributed by atoms with Crippen molar-refractivity contribution in [3.05, 3.63) is 30.2 Å². The fourth-order valence-corrected chi connectivity index (χ4v) is 2.33. The number of rotatable bonds is 3. The first-order valence-corrected chi connectivity index (χ1v) is 6.28. The fraction of sp³-hybridized carbons (Fsp3) is 0.308. The minimum Gasteiger partial charge on any atom is -0.480 e. The Morgan fingerprint density at radius 1 is 1.38 bits per heavy atom. The topological polar surface area (TPSA) is 117 Å². The minimum absolute atomic E-state index is 0.00393. The number of hydrogen-bond donors (Lipinski definition) is 2. The third-order valence-electron chi connectivity index (χ3n) is 3.32. The highest BCUT2D eigenvalue weighted by Crippen LogP contribution is 2.24. The Hall–Kier alpha value is -2.61. The van der Waals surface area contributed by atoms with Crippen LogP contribution in [0.3, 0.4) is 0 Å². The van der Waals surface area contributed by atoms with E-state index in [9.17, 15) is 14.7 Å². The number of furan rings is 1. The monoisotopic (exact) mass is 292 g/mol. The molecule has 2 unspecified atom stereocenters. The largest absolute Gasteiger partial charge is 0.480 e. The molecule has 8 heteroatoms. The van der Waals surface area contributed by atoms with Crippen molar-refractivity contribution in [1.82, 2.24) is 10.1 Å². The normalized spacial score (nSPS) is 21.7. The van der Waals surface area contributed by atoms with Gasteiger partial charge in [0, 0.05) is 19.0 Å². The molecule has 1 aliphatic heterocycles. The van der Waals surface area contributed by atoms with Gasteiger partial charge in [0.05, 0.1) is 12.4 Å². The smallest absolute Gasteiger partial charge is 0.326 e. The number of nitrogens with zero attached hydrogens (tertiary/aromatic N) is 2. The number of aliphatic carboxylic acids is 1. The van der Waals surface area contributed by atoms with Crippen LogP contribution >= 0.6 is 0 Å². The highest BCUT2D eigenvalue weighted by Gasteiger charge is 2.40. The summed E-state index contributed by atoms with van der Waals surface area (Å²) in [5.74, 6) is -1.07. The van der Waals surface area contributed by atoms with E-state index in [2.05, 4.69) is 5.16 Å². The van der Waals surface area contributed by atoms with Crippen molar-refractivity contribution in [3.63, 3.8) is 0 Å². The number of likely N-dealkylation sites (tertiary alicyclic amines) is 1. The molecule has 2 N–H and O–H groups in total. The van der Waals surface area contributed by atoms with E-state index in [0.29, 0.717) is 5.76 Å². The molecule has 21 heavy (non-hydrogen) atoms. The number of carbonyl (C=O) groups excluding carboxylic acids is 1. The van der Waals surface area contributed by atoms with Gasteiger partial charge < -0.3 is 24.1 Å². The van der Waals surface area contributed by atoms with Crippen LogP contribution in [0, 0.1) is 0 Å². The molecule has 0 radical (unpaired) electrons. The Bertz CT molecular complexity index is 662. The van der Waals surface area contributed by atoms with Gasteiger partial charge in [-0.1, -0.05) is 5.16 Å². The van der Waals surface area contributed by atoms with Crippen LogP contribution in [0.4, 0.5) is 0 Å². The van der Waals surface area contributed by atoms with Crippen LogP contribution in [0.25, 0.3) is 11.5 Å². The van der Waals surface area contributed by atoms with Crippen molar-refractivity contribution in [3.8, 4) is 11.5 Å². The van der Waals surface area contributed by atoms with Crippen LogP contribution in [0.2, 0.25) is 0 Å². The van der Waals surface area contributed by atoms with Crippen LogP contribution in [-0.2, 0) is 4.79 Å². The van der Waals surface area contributed by atoms with Gasteiger partial charge in [0.2, 0.25) is 5.76 Å². The highest BCUT2D eigenvalue weighted by atomic mass is 16.5. The van der Waals surface area contributed by atoms with Crippen molar-refractivity contribution in [2.45, 2.75) is 18.6 Å². The molecule has 3 heterocycles. The molecule has 1 fully saturated rings. The number of hydrogen-bond acceptors (Lipinski definition) is 6. The first-order chi connectivity index (χ1) is 10.1. The maximum absolute atomic E-state index is 12.3. The molecule has 2 aromatic heterocycles. The van der Waals surface area contributed by atoms with Crippen molar-refractivity contribution in [1.29, 1.82) is 0 Å². The number of carboxylic acid groups (broad SMARTS) is 1. The fourth-order valence-electron chi connectivity index (χ4n) is 2.33. The zero-order valence-corrected chi connectivity index (χ0v) is 10.8. The predicted octanol–water partition coefficient (Wildman–Crippen LogP) is 0.595. The van der Waals surface area contributed by atoms with Gasteiger partial charge in [-0.2, -0.15) is 0 Å². The summed E-state index contributed by atoms with van der Waals surface area (Å²) in [5, 5.41) is 22.3. The minimum atomic E-state index is -1.16. The lowest BCUT2D eigenvalue weighted by Gasteiger charge is -2.19. The van der Waals surface area contributed by atoms with Crippen molar-refractivity contribution in [2.24, 2.45) is 0 Å². The first kappa shape index (κ1) is 13.4. The Morgan fingerprint density at radius 2 is 2.19 bits per heavy atom. The van der Waals surface area contributed by atoms with E-state index in [1.165, 1.54) is 12.3 Å². The van der Waals surface area contributed by atoms with Gasteiger partial charge in [-0.3, -0.25) is 4.79 Å². The number of carboxylic acids is 1. The van der Waals surface area contributed by atoms with Crippen molar-refractivity contribution in [2.75, 3.05) is 6.54 Å². The molecule has 110 valence electrons. The van der Waals surface area contributed by atoms with Crippen LogP contribution < -0.4 is 0 Å². The van der Waals surface area contributed by atoms with Crippen LogP contribution in [0.1, 0.15) is 16.9 Å². The molecule has 0 aliphatic carbocycles. The zero-order valence-electron chi connectivity index (χ0n) is 10.8. The Morgan fingerprint density at radius 3 is 2.86 bits per heavy atom. The van der Waals surface area contributed by atoms with E-state index in [4.69, 9.17) is 14.0 Å². The third kappa shape index (κ3) is 2.40. The van der Waals surface area contributed by atoms with Gasteiger partial charge in [-0.05, 0) is 12.1 Å². The third-order valence-corrected chi connectivity index (χ3v) is 3.32. The molecule has 3 rings (SSSR count). The average Bonchev–Trinajstić information content (AvgIpc) is 3.17. The number of aromatic nitrogens is 1. The van der Waals surface area contributed by atoms with Gasteiger partial charge in [0.15, 0.2) is 11.5 Å². The second-order valence-corrected chi connectivity index (χ2v) is 4.75.